The number of nitrogens with zero attached hydrogens (tertiary/aromatic N) is 1. The van der Waals surface area contributed by atoms with E-state index in [0.29, 0.717) is 18.5 Å². The molecule has 3 N–H and O–H groups in total. The number of nitrogens with one attached hydrogen (secondary N) is 2. The van der Waals surface area contributed by atoms with Crippen molar-refractivity contribution in [3.63, 3.8) is 0 Å². The fourth-order valence-corrected chi connectivity index (χ4v) is 3.25. The molecule has 0 saturated carbocycles. The third-order valence-corrected chi connectivity index (χ3v) is 4.76. The molecule has 1 heterocycles. The van der Waals surface area contributed by atoms with Crippen molar-refractivity contribution in [1.82, 2.24) is 15.5 Å². The predicted octanol–water partition coefficient (Wildman–Crippen LogP) is 1.77. The van der Waals surface area contributed by atoms with E-state index in [4.69, 9.17) is 9.47 Å². The van der Waals surface area contributed by atoms with Crippen molar-refractivity contribution >= 4 is 6.03 Å². The Morgan fingerprint density at radius 2 is 1.81 bits per heavy atom. The molecule has 2 unspecified atom stereocenters. The summed E-state index contributed by atoms with van der Waals surface area (Å²) >= 11 is 0. The van der Waals surface area contributed by atoms with Gasteiger partial charge in [-0.3, -0.25) is 4.90 Å². The van der Waals surface area contributed by atoms with Gasteiger partial charge in [0.15, 0.2) is 0 Å². The number of ether oxygens (including phenoxy) is 2. The molecular formula is C20H33N3O4. The van der Waals surface area contributed by atoms with Crippen LogP contribution in [0.15, 0.2) is 24.3 Å². The van der Waals surface area contributed by atoms with Gasteiger partial charge in [0, 0.05) is 32.2 Å². The number of methoxy groups -OCH3 is 1. The van der Waals surface area contributed by atoms with E-state index in [2.05, 4.69) is 29.4 Å². The van der Waals surface area contributed by atoms with Crippen LogP contribution in [0.25, 0.3) is 0 Å². The van der Waals surface area contributed by atoms with Gasteiger partial charge in [-0.25, -0.2) is 4.79 Å². The first kappa shape index (κ1) is 21.5. The highest BCUT2D eigenvalue weighted by Gasteiger charge is 2.22. The van der Waals surface area contributed by atoms with Gasteiger partial charge in [0.1, 0.15) is 5.75 Å². The second-order valence-corrected chi connectivity index (χ2v) is 7.31. The summed E-state index contributed by atoms with van der Waals surface area (Å²) in [6, 6.07) is 7.20. The van der Waals surface area contributed by atoms with Gasteiger partial charge in [-0.1, -0.05) is 26.0 Å². The monoisotopic (exact) mass is 379 g/mol. The number of benzene rings is 1. The maximum atomic E-state index is 12.2. The lowest BCUT2D eigenvalue weighted by Gasteiger charge is -2.35. The molecule has 2 rings (SSSR count). The predicted molar refractivity (Wildman–Crippen MR) is 105 cm³/mol. The zero-order chi connectivity index (χ0) is 19.6. The topological polar surface area (TPSA) is 83.1 Å². The molecule has 2 atom stereocenters. The van der Waals surface area contributed by atoms with E-state index in [9.17, 15) is 9.90 Å². The number of aliphatic hydroxyl groups excluding tert-OH is 1. The van der Waals surface area contributed by atoms with Crippen LogP contribution in [-0.2, 0) is 4.74 Å². The van der Waals surface area contributed by atoms with Crippen LogP contribution in [0.2, 0.25) is 0 Å². The maximum Gasteiger partial charge on any atom is 0.314 e. The first-order valence-electron chi connectivity index (χ1n) is 9.65. The molecule has 1 aromatic rings. The summed E-state index contributed by atoms with van der Waals surface area (Å²) in [7, 11) is 1.60. The van der Waals surface area contributed by atoms with Gasteiger partial charge in [0.2, 0.25) is 0 Å². The highest BCUT2D eigenvalue weighted by atomic mass is 16.5. The molecule has 0 spiro atoms. The largest absolute Gasteiger partial charge is 0.497 e. The molecule has 0 aromatic heterocycles. The lowest BCUT2D eigenvalue weighted by molar-refractivity contribution is 0.0129. The number of hydrogen-bond donors (Lipinski definition) is 3. The van der Waals surface area contributed by atoms with Crippen molar-refractivity contribution in [2.75, 3.05) is 46.5 Å². The van der Waals surface area contributed by atoms with Gasteiger partial charge in [-0.2, -0.15) is 0 Å². The van der Waals surface area contributed by atoms with E-state index in [1.807, 2.05) is 0 Å². The second-order valence-electron chi connectivity index (χ2n) is 7.31. The highest BCUT2D eigenvalue weighted by Crippen LogP contribution is 2.17. The third kappa shape index (κ3) is 7.36. The Morgan fingerprint density at radius 1 is 1.19 bits per heavy atom. The minimum atomic E-state index is -0.757. The molecule has 1 aliphatic rings. The number of urea groups is 1. The molecule has 7 nitrogen and oxygen atoms in total. The Hall–Kier alpha value is -1.83. The van der Waals surface area contributed by atoms with Crippen molar-refractivity contribution in [3.8, 4) is 5.75 Å². The number of rotatable bonds is 9. The molecular weight excluding hydrogens is 346 g/mol. The summed E-state index contributed by atoms with van der Waals surface area (Å²) in [6.45, 7) is 8.42. The SMILES string of the molecule is COc1ccc(C(O)CNC(=O)NCC(CC(C)C)N2CCOCC2)cc1. The molecule has 2 amide bonds. The Bertz CT molecular complexity index is 559. The van der Waals surface area contributed by atoms with Crippen LogP contribution in [0, 0.1) is 5.92 Å². The van der Waals surface area contributed by atoms with Gasteiger partial charge < -0.3 is 25.2 Å². The number of carbonyl (C=O) groups is 1. The van der Waals surface area contributed by atoms with Gasteiger partial charge in [-0.05, 0) is 30.0 Å². The minimum absolute atomic E-state index is 0.157. The van der Waals surface area contributed by atoms with Gasteiger partial charge in [-0.15, -0.1) is 0 Å². The Kier molecular flexibility index (Phi) is 8.84. The number of carbonyl (C=O) groups excluding carboxylic acids is 1. The van der Waals surface area contributed by atoms with E-state index >= 15 is 0 Å². The molecule has 7 heteroatoms. The average Bonchev–Trinajstić information content (AvgIpc) is 2.69. The zero-order valence-corrected chi connectivity index (χ0v) is 16.6. The molecule has 0 bridgehead atoms. The Morgan fingerprint density at radius 3 is 2.41 bits per heavy atom. The molecule has 1 aromatic carbocycles. The van der Waals surface area contributed by atoms with Crippen molar-refractivity contribution < 1.29 is 19.4 Å². The zero-order valence-electron chi connectivity index (χ0n) is 16.6. The summed E-state index contributed by atoms with van der Waals surface area (Å²) in [4.78, 5) is 14.5. The molecule has 1 saturated heterocycles. The molecule has 27 heavy (non-hydrogen) atoms. The van der Waals surface area contributed by atoms with Crippen molar-refractivity contribution in [2.24, 2.45) is 5.92 Å². The van der Waals surface area contributed by atoms with Crippen LogP contribution < -0.4 is 15.4 Å². The summed E-state index contributed by atoms with van der Waals surface area (Å²) in [5.74, 6) is 1.29. The second kappa shape index (κ2) is 11.1. The Labute approximate surface area is 162 Å². The van der Waals surface area contributed by atoms with Gasteiger partial charge >= 0.3 is 6.03 Å². The normalized spacial score (nSPS) is 17.4. The molecule has 0 aliphatic carbocycles. The van der Waals surface area contributed by atoms with Crippen LogP contribution >= 0.6 is 0 Å². The minimum Gasteiger partial charge on any atom is -0.497 e. The maximum absolute atomic E-state index is 12.2. The van der Waals surface area contributed by atoms with E-state index in [1.165, 1.54) is 0 Å². The van der Waals surface area contributed by atoms with E-state index in [0.717, 1.165) is 44.0 Å². The van der Waals surface area contributed by atoms with Gasteiger partial charge in [0.25, 0.3) is 0 Å². The van der Waals surface area contributed by atoms with E-state index < -0.39 is 6.10 Å². The highest BCUT2D eigenvalue weighted by molar-refractivity contribution is 5.73. The molecule has 0 radical (unpaired) electrons. The first-order valence-corrected chi connectivity index (χ1v) is 9.65. The fourth-order valence-electron chi connectivity index (χ4n) is 3.25. The van der Waals surface area contributed by atoms with Gasteiger partial charge in [0.05, 0.1) is 26.4 Å². The van der Waals surface area contributed by atoms with Crippen LogP contribution in [0.4, 0.5) is 4.79 Å². The fraction of sp³-hybridized carbons (Fsp3) is 0.650. The van der Waals surface area contributed by atoms with Crippen LogP contribution in [0.5, 0.6) is 5.75 Å². The van der Waals surface area contributed by atoms with Crippen LogP contribution in [-0.4, -0.2) is 68.6 Å². The lowest BCUT2D eigenvalue weighted by Crippen LogP contribution is -2.50. The smallest absolute Gasteiger partial charge is 0.314 e. The van der Waals surface area contributed by atoms with E-state index in [1.54, 1.807) is 31.4 Å². The van der Waals surface area contributed by atoms with E-state index in [-0.39, 0.29) is 12.6 Å². The number of aliphatic hydroxyl groups is 1. The standard InChI is InChI=1S/C20H33N3O4/c1-15(2)12-17(23-8-10-27-11-9-23)13-21-20(25)22-14-19(24)16-4-6-18(26-3)7-5-16/h4-7,15,17,19,24H,8-14H2,1-3H3,(H2,21,22,25). The third-order valence-electron chi connectivity index (χ3n) is 4.76. The average molecular weight is 380 g/mol. The molecule has 152 valence electrons. The molecule has 1 aliphatic heterocycles. The van der Waals surface area contributed by atoms with Crippen molar-refractivity contribution in [1.29, 1.82) is 0 Å². The number of amides is 2. The van der Waals surface area contributed by atoms with Crippen molar-refractivity contribution in [2.45, 2.75) is 32.4 Å². The summed E-state index contributed by atoms with van der Waals surface area (Å²) < 4.78 is 10.5. The van der Waals surface area contributed by atoms with Crippen LogP contribution in [0.1, 0.15) is 31.9 Å². The first-order chi connectivity index (χ1) is 13.0. The number of hydrogen-bond acceptors (Lipinski definition) is 5. The summed E-state index contributed by atoms with van der Waals surface area (Å²) in [5.41, 5.74) is 0.738. The van der Waals surface area contributed by atoms with Crippen LogP contribution in [0.3, 0.4) is 0 Å². The molecule has 1 fully saturated rings. The summed E-state index contributed by atoms with van der Waals surface area (Å²) in [6.07, 6.45) is 0.265. The van der Waals surface area contributed by atoms with Crippen molar-refractivity contribution in [3.05, 3.63) is 29.8 Å². The lowest BCUT2D eigenvalue weighted by atomic mass is 10.0. The Balaban J connectivity index is 1.77. The quantitative estimate of drug-likeness (QED) is 0.609. The summed E-state index contributed by atoms with van der Waals surface area (Å²) in [5, 5.41) is 15.9. The number of morpholine rings is 1.